The van der Waals surface area contributed by atoms with Crippen molar-refractivity contribution in [1.29, 1.82) is 0 Å². The van der Waals surface area contributed by atoms with Crippen molar-refractivity contribution in [3.8, 4) is 0 Å². The van der Waals surface area contributed by atoms with Crippen LogP contribution in [0.4, 0.5) is 0 Å². The zero-order valence-electron chi connectivity index (χ0n) is 17.3. The second-order valence-corrected chi connectivity index (χ2v) is 7.50. The molecule has 1 heterocycles. The topological polar surface area (TPSA) is 96.7 Å². The molecule has 0 saturated carbocycles. The number of nitrogens with zero attached hydrogens (tertiary/aromatic N) is 1. The molecule has 29 heavy (non-hydrogen) atoms. The summed E-state index contributed by atoms with van der Waals surface area (Å²) in [5, 5.41) is 5.41. The summed E-state index contributed by atoms with van der Waals surface area (Å²) in [5.74, 6) is -0.501. The van der Waals surface area contributed by atoms with Crippen LogP contribution in [0.25, 0.3) is 0 Å². The average molecular weight is 449 g/mol. The first-order chi connectivity index (χ1) is 12.8. The third kappa shape index (κ3) is 9.78. The van der Waals surface area contributed by atoms with Crippen LogP contribution in [0.15, 0.2) is 24.3 Å². The third-order valence-corrected chi connectivity index (χ3v) is 4.66. The second-order valence-electron chi connectivity index (χ2n) is 7.50. The molecule has 1 aliphatic heterocycles. The molecule has 0 aromatic heterocycles. The van der Waals surface area contributed by atoms with E-state index in [4.69, 9.17) is 10.5 Å². The van der Waals surface area contributed by atoms with E-state index in [1.165, 1.54) is 5.56 Å². The molecular weight excluding hydrogens is 415 g/mol. The van der Waals surface area contributed by atoms with E-state index in [0.717, 1.165) is 31.8 Å². The number of benzene rings is 1. The summed E-state index contributed by atoms with van der Waals surface area (Å²) in [7, 11) is 0. The lowest BCUT2D eigenvalue weighted by Gasteiger charge is -2.31. The first kappa shape index (κ1) is 27.6. The molecule has 7 nitrogen and oxygen atoms in total. The summed E-state index contributed by atoms with van der Waals surface area (Å²) in [4.78, 5) is 26.1. The van der Waals surface area contributed by atoms with E-state index in [1.807, 2.05) is 26.0 Å². The van der Waals surface area contributed by atoms with Gasteiger partial charge in [0.1, 0.15) is 0 Å². The maximum atomic E-state index is 12.0. The normalized spacial score (nSPS) is 17.6. The maximum Gasteiger partial charge on any atom is 0.239 e. The molecule has 1 aliphatic rings. The fourth-order valence-electron chi connectivity index (χ4n) is 2.98. The van der Waals surface area contributed by atoms with E-state index in [2.05, 4.69) is 34.6 Å². The zero-order valence-corrected chi connectivity index (χ0v) is 19.0. The molecule has 0 aliphatic carbocycles. The number of amides is 2. The van der Waals surface area contributed by atoms with Gasteiger partial charge in [-0.1, -0.05) is 38.1 Å². The highest BCUT2D eigenvalue weighted by molar-refractivity contribution is 5.87. The summed E-state index contributed by atoms with van der Waals surface area (Å²) in [6.45, 7) is 9.70. The monoisotopic (exact) mass is 448 g/mol. The summed E-state index contributed by atoms with van der Waals surface area (Å²) in [6, 6.07) is 7.59. The van der Waals surface area contributed by atoms with Gasteiger partial charge in [0.15, 0.2) is 0 Å². The van der Waals surface area contributed by atoms with Crippen LogP contribution >= 0.6 is 24.8 Å². The van der Waals surface area contributed by atoms with Gasteiger partial charge in [-0.25, -0.2) is 0 Å². The Kier molecular flexibility index (Phi) is 13.1. The largest absolute Gasteiger partial charge is 0.376 e. The predicted molar refractivity (Wildman–Crippen MR) is 119 cm³/mol. The number of rotatable bonds is 8. The van der Waals surface area contributed by atoms with Gasteiger partial charge < -0.3 is 21.1 Å². The van der Waals surface area contributed by atoms with Gasteiger partial charge in [-0.3, -0.25) is 14.5 Å². The molecule has 2 atom stereocenters. The van der Waals surface area contributed by atoms with E-state index < -0.39 is 6.04 Å². The lowest BCUT2D eigenvalue weighted by atomic mass is 10.1. The van der Waals surface area contributed by atoms with Crippen LogP contribution in [0, 0.1) is 5.92 Å². The summed E-state index contributed by atoms with van der Waals surface area (Å²) < 4.78 is 5.57. The van der Waals surface area contributed by atoms with Gasteiger partial charge in [-0.2, -0.15) is 0 Å². The van der Waals surface area contributed by atoms with Crippen molar-refractivity contribution < 1.29 is 14.3 Å². The first-order valence-electron chi connectivity index (χ1n) is 9.57. The van der Waals surface area contributed by atoms with E-state index in [1.54, 1.807) is 0 Å². The van der Waals surface area contributed by atoms with Gasteiger partial charge >= 0.3 is 0 Å². The van der Waals surface area contributed by atoms with Gasteiger partial charge in [0.25, 0.3) is 0 Å². The molecule has 2 rings (SSSR count). The number of carbonyl (C=O) groups excluding carboxylic acids is 2. The van der Waals surface area contributed by atoms with Crippen molar-refractivity contribution in [3.05, 3.63) is 35.4 Å². The second kappa shape index (κ2) is 13.8. The third-order valence-electron chi connectivity index (χ3n) is 4.66. The van der Waals surface area contributed by atoms with Crippen molar-refractivity contribution in [2.75, 3.05) is 26.2 Å². The Labute approximate surface area is 185 Å². The molecule has 1 unspecified atom stereocenters. The minimum absolute atomic E-state index is 0. The number of nitrogens with two attached hydrogens (primary N) is 1. The average Bonchev–Trinajstić information content (AvgIpc) is 2.64. The Morgan fingerprint density at radius 1 is 1.24 bits per heavy atom. The van der Waals surface area contributed by atoms with Gasteiger partial charge in [-0.05, 0) is 24.0 Å². The highest BCUT2D eigenvalue weighted by Crippen LogP contribution is 2.12. The number of nitrogens with one attached hydrogen (secondary N) is 2. The number of ether oxygens (including phenoxy) is 1. The first-order valence-corrected chi connectivity index (χ1v) is 9.57. The number of carbonyl (C=O) groups is 2. The van der Waals surface area contributed by atoms with Gasteiger partial charge in [-0.15, -0.1) is 24.8 Å². The minimum atomic E-state index is -0.600. The van der Waals surface area contributed by atoms with Gasteiger partial charge in [0.2, 0.25) is 11.8 Å². The molecule has 1 aromatic rings. The standard InChI is InChI=1S/C20H32N4O3.2ClH/c1-14(2)19(21)20(26)23-11-18(25)22-10-16-5-4-6-17(9-16)13-24-7-8-27-15(3)12-24;;/h4-6,9,14-15,19H,7-8,10-13,21H2,1-3H3,(H,22,25)(H,23,26);2*1H/t15?,19-;;/m0../s1. The summed E-state index contributed by atoms with van der Waals surface area (Å²) >= 11 is 0. The quantitative estimate of drug-likeness (QED) is 0.559. The Hall–Kier alpha value is -1.38. The SMILES string of the molecule is CC1CN(Cc2cccc(CNC(=O)CNC(=O)[C@@H](N)C(C)C)c2)CCO1.Cl.Cl. The van der Waals surface area contributed by atoms with Crippen LogP contribution < -0.4 is 16.4 Å². The summed E-state index contributed by atoms with van der Waals surface area (Å²) in [6.07, 6.45) is 0.264. The smallest absolute Gasteiger partial charge is 0.239 e. The molecule has 4 N–H and O–H groups in total. The van der Waals surface area contributed by atoms with E-state index in [0.29, 0.717) is 6.54 Å². The Morgan fingerprint density at radius 3 is 2.59 bits per heavy atom. The van der Waals surface area contributed by atoms with E-state index in [-0.39, 0.29) is 55.2 Å². The molecular formula is C20H34Cl2N4O3. The Balaban J connectivity index is 0.00000392. The van der Waals surface area contributed by atoms with Crippen molar-refractivity contribution in [3.63, 3.8) is 0 Å². The van der Waals surface area contributed by atoms with Gasteiger partial charge in [0, 0.05) is 26.2 Å². The van der Waals surface area contributed by atoms with Crippen LogP contribution in [0.5, 0.6) is 0 Å². The molecule has 166 valence electrons. The van der Waals surface area contributed by atoms with Crippen LogP contribution in [0.1, 0.15) is 31.9 Å². The van der Waals surface area contributed by atoms with E-state index in [9.17, 15) is 9.59 Å². The predicted octanol–water partition coefficient (Wildman–Crippen LogP) is 1.47. The van der Waals surface area contributed by atoms with Crippen molar-refractivity contribution in [2.24, 2.45) is 11.7 Å². The van der Waals surface area contributed by atoms with Gasteiger partial charge in [0.05, 0.1) is 25.3 Å². The van der Waals surface area contributed by atoms with Crippen molar-refractivity contribution >= 4 is 36.6 Å². The van der Waals surface area contributed by atoms with Crippen molar-refractivity contribution in [2.45, 2.75) is 46.0 Å². The number of halogens is 2. The highest BCUT2D eigenvalue weighted by atomic mass is 35.5. The molecule has 1 aromatic carbocycles. The van der Waals surface area contributed by atoms with Crippen LogP contribution in [0.2, 0.25) is 0 Å². The van der Waals surface area contributed by atoms with Crippen LogP contribution in [-0.4, -0.2) is 55.1 Å². The zero-order chi connectivity index (χ0) is 19.8. The Morgan fingerprint density at radius 2 is 1.93 bits per heavy atom. The molecule has 0 radical (unpaired) electrons. The highest BCUT2D eigenvalue weighted by Gasteiger charge is 2.18. The number of hydrogen-bond donors (Lipinski definition) is 3. The molecule has 0 spiro atoms. The number of morpholine rings is 1. The fraction of sp³-hybridized carbons (Fsp3) is 0.600. The summed E-state index contributed by atoms with van der Waals surface area (Å²) in [5.41, 5.74) is 8.01. The molecule has 1 fully saturated rings. The lowest BCUT2D eigenvalue weighted by molar-refractivity contribution is -0.127. The lowest BCUT2D eigenvalue weighted by Crippen LogP contribution is -2.47. The molecule has 1 saturated heterocycles. The van der Waals surface area contributed by atoms with Crippen LogP contribution in [-0.2, 0) is 27.4 Å². The number of hydrogen-bond acceptors (Lipinski definition) is 5. The molecule has 9 heteroatoms. The minimum Gasteiger partial charge on any atom is -0.376 e. The maximum absolute atomic E-state index is 12.0. The molecule has 0 bridgehead atoms. The van der Waals surface area contributed by atoms with Crippen molar-refractivity contribution in [1.82, 2.24) is 15.5 Å². The molecule has 2 amide bonds. The van der Waals surface area contributed by atoms with E-state index >= 15 is 0 Å². The Bertz CT molecular complexity index is 646. The fourth-order valence-corrected chi connectivity index (χ4v) is 2.98. The van der Waals surface area contributed by atoms with Crippen LogP contribution in [0.3, 0.4) is 0 Å².